The summed E-state index contributed by atoms with van der Waals surface area (Å²) in [5.74, 6) is 1.22. The topological polar surface area (TPSA) is 78.1 Å². The van der Waals surface area contributed by atoms with Gasteiger partial charge in [-0.15, -0.1) is 0 Å². The van der Waals surface area contributed by atoms with Gasteiger partial charge in [-0.1, -0.05) is 0 Å². The van der Waals surface area contributed by atoms with E-state index in [0.29, 0.717) is 46.8 Å². The summed E-state index contributed by atoms with van der Waals surface area (Å²) in [6.07, 6.45) is 2.08. The average molecular weight is 448 g/mol. The second-order valence-corrected chi connectivity index (χ2v) is 7.85. The molecule has 4 aromatic rings. The smallest absolute Gasteiger partial charge is 0.307 e. The number of fused-ring (bicyclic) bond motifs is 2. The fourth-order valence-electron chi connectivity index (χ4n) is 4.23. The molecule has 5 rings (SSSR count). The second kappa shape index (κ2) is 8.50. The van der Waals surface area contributed by atoms with Crippen molar-refractivity contribution in [2.75, 3.05) is 7.11 Å². The molecule has 1 aliphatic rings. The van der Waals surface area contributed by atoms with Gasteiger partial charge in [0.1, 0.15) is 40.5 Å². The Balaban J connectivity index is 1.39. The molecule has 0 amide bonds. The first-order chi connectivity index (χ1) is 16.0. The Morgan fingerprint density at radius 1 is 1.09 bits per heavy atom. The van der Waals surface area contributed by atoms with Gasteiger partial charge in [-0.05, 0) is 61.4 Å². The molecule has 1 aromatic heterocycles. The quantitative estimate of drug-likeness (QED) is 0.370. The highest BCUT2D eigenvalue weighted by molar-refractivity contribution is 5.86. The summed E-state index contributed by atoms with van der Waals surface area (Å²) in [4.78, 5) is 11.0. The molecule has 1 N–H and O–H groups in total. The first kappa shape index (κ1) is 20.9. The Kier molecular flexibility index (Phi) is 5.38. The molecule has 1 heterocycles. The number of ether oxygens (including phenoxy) is 3. The van der Waals surface area contributed by atoms with E-state index in [4.69, 9.17) is 23.7 Å². The van der Waals surface area contributed by atoms with Gasteiger partial charge in [0.2, 0.25) is 0 Å². The molecule has 1 aliphatic carbocycles. The number of furan rings is 1. The summed E-state index contributed by atoms with van der Waals surface area (Å²) >= 11 is 0. The van der Waals surface area contributed by atoms with Gasteiger partial charge in [0, 0.05) is 28.1 Å². The lowest BCUT2D eigenvalue weighted by molar-refractivity contribution is -0.136. The van der Waals surface area contributed by atoms with Crippen LogP contribution in [0.25, 0.3) is 11.0 Å². The highest BCUT2D eigenvalue weighted by atomic mass is 19.1. The molecule has 0 unspecified atom stereocenters. The van der Waals surface area contributed by atoms with E-state index in [1.807, 2.05) is 0 Å². The molecule has 1 atom stereocenters. The van der Waals surface area contributed by atoms with E-state index >= 15 is 0 Å². The minimum Gasteiger partial charge on any atom is -0.497 e. The number of methoxy groups -OCH3 is 1. The zero-order chi connectivity index (χ0) is 22.9. The van der Waals surface area contributed by atoms with E-state index in [1.54, 1.807) is 55.6 Å². The fourth-order valence-corrected chi connectivity index (χ4v) is 4.23. The van der Waals surface area contributed by atoms with Crippen molar-refractivity contribution in [3.05, 3.63) is 83.4 Å². The minimum absolute atomic E-state index is 0.120. The van der Waals surface area contributed by atoms with E-state index in [1.165, 1.54) is 12.3 Å². The molecule has 0 saturated carbocycles. The molecule has 0 radical (unpaired) electrons. The van der Waals surface area contributed by atoms with Crippen LogP contribution in [-0.2, 0) is 17.6 Å². The zero-order valence-electron chi connectivity index (χ0n) is 17.8. The predicted molar refractivity (Wildman–Crippen MR) is 119 cm³/mol. The van der Waals surface area contributed by atoms with Gasteiger partial charge in [0.25, 0.3) is 0 Å². The Bertz CT molecular complexity index is 1320. The lowest BCUT2D eigenvalue weighted by Gasteiger charge is -2.17. The summed E-state index contributed by atoms with van der Waals surface area (Å²) in [5.41, 5.74) is 2.41. The first-order valence-electron chi connectivity index (χ1n) is 10.5. The molecule has 0 bridgehead atoms. The normalized spacial score (nSPS) is 14.8. The van der Waals surface area contributed by atoms with Crippen LogP contribution in [0.2, 0.25) is 0 Å². The SMILES string of the molecule is COc1ccc(Oc2ccc(F)c3c2CC[C@H]3Oc2ccc3c(CC(=O)O)coc3c2)cc1. The van der Waals surface area contributed by atoms with Crippen LogP contribution in [0, 0.1) is 5.82 Å². The highest BCUT2D eigenvalue weighted by Gasteiger charge is 2.31. The molecule has 168 valence electrons. The van der Waals surface area contributed by atoms with Crippen LogP contribution in [0.15, 0.2) is 65.3 Å². The third-order valence-electron chi connectivity index (χ3n) is 5.77. The standard InChI is InChI=1S/C26H21FO6/c1-30-16-2-4-17(5-3-16)32-22-11-9-21(27)26-20(22)8-10-23(26)33-18-6-7-19-15(12-25(28)29)14-31-24(19)13-18/h2-7,9,11,13-14,23H,8,10,12H2,1H3,(H,28,29)/t23-/m1/s1. The number of rotatable bonds is 7. The number of benzene rings is 3. The van der Waals surface area contributed by atoms with Crippen molar-refractivity contribution in [1.82, 2.24) is 0 Å². The third-order valence-corrected chi connectivity index (χ3v) is 5.77. The van der Waals surface area contributed by atoms with Gasteiger partial charge in [0.15, 0.2) is 0 Å². The zero-order valence-corrected chi connectivity index (χ0v) is 17.8. The summed E-state index contributed by atoms with van der Waals surface area (Å²) in [6.45, 7) is 0. The molecular weight excluding hydrogens is 427 g/mol. The summed E-state index contributed by atoms with van der Waals surface area (Å²) in [5, 5.41) is 9.75. The maximum Gasteiger partial charge on any atom is 0.307 e. The van der Waals surface area contributed by atoms with Crippen LogP contribution in [0.1, 0.15) is 29.2 Å². The van der Waals surface area contributed by atoms with Crippen molar-refractivity contribution in [3.63, 3.8) is 0 Å². The van der Waals surface area contributed by atoms with Crippen molar-refractivity contribution < 1.29 is 32.9 Å². The molecule has 0 fully saturated rings. The monoisotopic (exact) mass is 448 g/mol. The van der Waals surface area contributed by atoms with Crippen LogP contribution < -0.4 is 14.2 Å². The second-order valence-electron chi connectivity index (χ2n) is 7.85. The summed E-state index contributed by atoms with van der Waals surface area (Å²) in [7, 11) is 1.60. The van der Waals surface area contributed by atoms with E-state index in [0.717, 1.165) is 16.7 Å². The van der Waals surface area contributed by atoms with Crippen LogP contribution in [0.3, 0.4) is 0 Å². The summed E-state index contributed by atoms with van der Waals surface area (Å²) < 4.78 is 37.6. The first-order valence-corrected chi connectivity index (χ1v) is 10.5. The van der Waals surface area contributed by atoms with Crippen LogP contribution >= 0.6 is 0 Å². The molecule has 7 heteroatoms. The number of carbonyl (C=O) groups is 1. The van der Waals surface area contributed by atoms with Crippen molar-refractivity contribution in [1.29, 1.82) is 0 Å². The van der Waals surface area contributed by atoms with E-state index in [-0.39, 0.29) is 12.2 Å². The van der Waals surface area contributed by atoms with Gasteiger partial charge >= 0.3 is 5.97 Å². The van der Waals surface area contributed by atoms with Crippen molar-refractivity contribution in [2.24, 2.45) is 0 Å². The third kappa shape index (κ3) is 4.09. The van der Waals surface area contributed by atoms with Crippen LogP contribution in [0.4, 0.5) is 4.39 Å². The molecule has 0 spiro atoms. The van der Waals surface area contributed by atoms with Crippen molar-refractivity contribution in [3.8, 4) is 23.0 Å². The Hall–Kier alpha value is -4.00. The van der Waals surface area contributed by atoms with Gasteiger partial charge in [-0.3, -0.25) is 4.79 Å². The lowest BCUT2D eigenvalue weighted by Crippen LogP contribution is -2.06. The minimum atomic E-state index is -0.927. The van der Waals surface area contributed by atoms with Gasteiger partial charge in [-0.2, -0.15) is 0 Å². The van der Waals surface area contributed by atoms with E-state index < -0.39 is 12.1 Å². The number of hydrogen-bond donors (Lipinski definition) is 1. The fraction of sp³-hybridized carbons (Fsp3) is 0.192. The summed E-state index contributed by atoms with van der Waals surface area (Å²) in [6, 6.07) is 15.5. The van der Waals surface area contributed by atoms with Gasteiger partial charge in [-0.25, -0.2) is 4.39 Å². The Morgan fingerprint density at radius 2 is 1.85 bits per heavy atom. The lowest BCUT2D eigenvalue weighted by atomic mass is 10.1. The number of halogens is 1. The Morgan fingerprint density at radius 3 is 2.61 bits per heavy atom. The van der Waals surface area contributed by atoms with Crippen molar-refractivity contribution in [2.45, 2.75) is 25.4 Å². The highest BCUT2D eigenvalue weighted by Crippen LogP contribution is 2.43. The predicted octanol–water partition coefficient (Wildman–Crippen LogP) is 6.07. The van der Waals surface area contributed by atoms with Crippen LogP contribution in [-0.4, -0.2) is 18.2 Å². The van der Waals surface area contributed by atoms with Gasteiger partial charge < -0.3 is 23.7 Å². The Labute approximate surface area is 189 Å². The maximum absolute atomic E-state index is 14.8. The van der Waals surface area contributed by atoms with E-state index in [2.05, 4.69) is 0 Å². The molecule has 3 aromatic carbocycles. The number of aliphatic carboxylic acids is 1. The maximum atomic E-state index is 14.8. The average Bonchev–Trinajstić information content (AvgIpc) is 3.41. The van der Waals surface area contributed by atoms with Crippen molar-refractivity contribution >= 4 is 16.9 Å². The molecule has 0 aliphatic heterocycles. The molecular formula is C26H21FO6. The molecule has 33 heavy (non-hydrogen) atoms. The van der Waals surface area contributed by atoms with Gasteiger partial charge in [0.05, 0.1) is 19.8 Å². The van der Waals surface area contributed by atoms with Crippen LogP contribution in [0.5, 0.6) is 23.0 Å². The molecule has 6 nitrogen and oxygen atoms in total. The van der Waals surface area contributed by atoms with E-state index in [9.17, 15) is 9.18 Å². The largest absolute Gasteiger partial charge is 0.497 e. The number of hydrogen-bond acceptors (Lipinski definition) is 5. The molecule has 0 saturated heterocycles. The number of carboxylic acids is 1. The number of carboxylic acid groups (broad SMARTS) is 1.